The normalized spacial score (nSPS) is 13.7. The van der Waals surface area contributed by atoms with Gasteiger partial charge >= 0.3 is 0 Å². The molecule has 10 nitrogen and oxygen atoms in total. The number of nitrogens with zero attached hydrogens (tertiary/aromatic N) is 4. The topological polar surface area (TPSA) is 105 Å². The molecule has 10 heteroatoms. The first kappa shape index (κ1) is 29.3. The van der Waals surface area contributed by atoms with Crippen molar-refractivity contribution in [3.05, 3.63) is 106 Å². The third-order valence-electron chi connectivity index (χ3n) is 7.06. The van der Waals surface area contributed by atoms with E-state index in [-0.39, 0.29) is 17.5 Å². The minimum absolute atomic E-state index is 0.0436. The Morgan fingerprint density at radius 3 is 2.20 bits per heavy atom. The highest BCUT2D eigenvalue weighted by Crippen LogP contribution is 2.19. The van der Waals surface area contributed by atoms with Gasteiger partial charge in [0.05, 0.1) is 19.1 Å². The molecule has 1 aliphatic rings. The second-order valence-electron chi connectivity index (χ2n) is 9.56. The lowest BCUT2D eigenvalue weighted by molar-refractivity contribution is -0.384. The van der Waals surface area contributed by atoms with Crippen LogP contribution in [0.1, 0.15) is 26.3 Å². The largest absolute Gasteiger partial charge is 0.497 e. The van der Waals surface area contributed by atoms with E-state index in [4.69, 9.17) is 9.47 Å². The fraction of sp³-hybridized carbons (Fsp3) is 0.290. The van der Waals surface area contributed by atoms with Gasteiger partial charge in [-0.2, -0.15) is 0 Å². The van der Waals surface area contributed by atoms with Gasteiger partial charge in [-0.3, -0.25) is 24.6 Å². The Bertz CT molecular complexity index is 1370. The number of nitro groups is 1. The number of carbonyl (C=O) groups excluding carboxylic acids is 2. The van der Waals surface area contributed by atoms with E-state index in [2.05, 4.69) is 4.90 Å². The van der Waals surface area contributed by atoms with Crippen molar-refractivity contribution < 1.29 is 24.0 Å². The quantitative estimate of drug-likeness (QED) is 0.256. The second-order valence-corrected chi connectivity index (χ2v) is 9.56. The molecule has 0 unspecified atom stereocenters. The van der Waals surface area contributed by atoms with Gasteiger partial charge in [-0.15, -0.1) is 0 Å². The van der Waals surface area contributed by atoms with Gasteiger partial charge < -0.3 is 19.3 Å². The summed E-state index contributed by atoms with van der Waals surface area (Å²) in [6.45, 7) is 4.00. The number of carbonyl (C=O) groups is 2. The number of methoxy groups -OCH3 is 2. The third-order valence-corrected chi connectivity index (χ3v) is 7.06. The van der Waals surface area contributed by atoms with Crippen LogP contribution in [0.15, 0.2) is 78.9 Å². The molecule has 4 rings (SSSR count). The first-order valence-electron chi connectivity index (χ1n) is 13.4. The Kier molecular flexibility index (Phi) is 10.1. The molecule has 41 heavy (non-hydrogen) atoms. The smallest absolute Gasteiger partial charge is 0.269 e. The van der Waals surface area contributed by atoms with Crippen molar-refractivity contribution in [3.8, 4) is 11.5 Å². The highest BCUT2D eigenvalue weighted by Gasteiger charge is 2.24. The third kappa shape index (κ3) is 7.70. The first-order valence-corrected chi connectivity index (χ1v) is 13.4. The van der Waals surface area contributed by atoms with E-state index >= 15 is 0 Å². The number of nitro benzene ring substituents is 1. The van der Waals surface area contributed by atoms with E-state index in [1.54, 1.807) is 43.4 Å². The maximum Gasteiger partial charge on any atom is 0.269 e. The molecule has 0 N–H and O–H groups in total. The summed E-state index contributed by atoms with van der Waals surface area (Å²) in [5.41, 5.74) is 1.90. The monoisotopic (exact) mass is 558 g/mol. The molecule has 1 heterocycles. The Morgan fingerprint density at radius 2 is 1.56 bits per heavy atom. The molecule has 0 aliphatic carbocycles. The van der Waals surface area contributed by atoms with E-state index < -0.39 is 4.92 Å². The van der Waals surface area contributed by atoms with E-state index in [9.17, 15) is 19.7 Å². The van der Waals surface area contributed by atoms with Crippen LogP contribution in [0.5, 0.6) is 11.5 Å². The molecular formula is C31H34N4O6. The van der Waals surface area contributed by atoms with Gasteiger partial charge in [0.2, 0.25) is 0 Å². The van der Waals surface area contributed by atoms with Gasteiger partial charge in [0.15, 0.2) is 0 Å². The van der Waals surface area contributed by atoms with E-state index in [0.717, 1.165) is 11.3 Å². The van der Waals surface area contributed by atoms with Crippen LogP contribution in [0.4, 0.5) is 5.69 Å². The predicted octanol–water partition coefficient (Wildman–Crippen LogP) is 4.23. The summed E-state index contributed by atoms with van der Waals surface area (Å²) in [7, 11) is 3.22. The van der Waals surface area contributed by atoms with E-state index in [1.807, 2.05) is 41.3 Å². The summed E-state index contributed by atoms with van der Waals surface area (Å²) in [5.74, 6) is 1.23. The van der Waals surface area contributed by atoms with Gasteiger partial charge in [-0.05, 0) is 42.5 Å². The average molecular weight is 559 g/mol. The van der Waals surface area contributed by atoms with Crippen molar-refractivity contribution >= 4 is 23.6 Å². The Morgan fingerprint density at radius 1 is 0.902 bits per heavy atom. The minimum Gasteiger partial charge on any atom is -0.497 e. The van der Waals surface area contributed by atoms with Gasteiger partial charge in [-0.1, -0.05) is 30.4 Å². The summed E-state index contributed by atoms with van der Waals surface area (Å²) in [4.78, 5) is 42.6. The number of amides is 2. The maximum atomic E-state index is 13.5. The Balaban J connectivity index is 1.37. The number of ether oxygens (including phenoxy) is 2. The molecule has 1 fully saturated rings. The van der Waals surface area contributed by atoms with Crippen LogP contribution in [0.3, 0.4) is 0 Å². The maximum absolute atomic E-state index is 13.5. The highest BCUT2D eigenvalue weighted by molar-refractivity contribution is 5.95. The fourth-order valence-corrected chi connectivity index (χ4v) is 4.65. The summed E-state index contributed by atoms with van der Waals surface area (Å²) < 4.78 is 10.7. The molecule has 3 aromatic rings. The van der Waals surface area contributed by atoms with Gasteiger partial charge in [0.25, 0.3) is 17.5 Å². The van der Waals surface area contributed by atoms with Gasteiger partial charge in [0.1, 0.15) is 11.5 Å². The Labute approximate surface area is 239 Å². The van der Waals surface area contributed by atoms with Crippen LogP contribution in [-0.4, -0.2) is 91.5 Å². The number of rotatable bonds is 11. The molecule has 1 saturated heterocycles. The van der Waals surface area contributed by atoms with Crippen molar-refractivity contribution in [2.45, 2.75) is 0 Å². The van der Waals surface area contributed by atoms with Crippen LogP contribution >= 0.6 is 0 Å². The summed E-state index contributed by atoms with van der Waals surface area (Å²) in [6, 6.07) is 20.5. The standard InChI is InChI=1S/C31H34N4O6/c1-40-28-15-11-26(12-16-28)30(36)33(17-5-7-24-6-3-4-8-29(24)41-2)21-18-32-19-22-34(23-20-32)31(37)25-9-13-27(14-10-25)35(38)39/h3-16H,17-23H2,1-2H3/b7-5+. The number of hydrogen-bond acceptors (Lipinski definition) is 7. The molecule has 214 valence electrons. The van der Waals surface area contributed by atoms with E-state index in [0.29, 0.717) is 62.7 Å². The lowest BCUT2D eigenvalue weighted by Gasteiger charge is -2.35. The number of benzene rings is 3. The number of hydrogen-bond donors (Lipinski definition) is 0. The van der Waals surface area contributed by atoms with Gasteiger partial charge in [0, 0.05) is 74.6 Å². The van der Waals surface area contributed by atoms with Crippen LogP contribution in [-0.2, 0) is 0 Å². The number of para-hydroxylation sites is 1. The summed E-state index contributed by atoms with van der Waals surface area (Å²) in [5, 5.41) is 10.9. The molecule has 0 radical (unpaired) electrons. The molecule has 0 saturated carbocycles. The van der Waals surface area contributed by atoms with E-state index in [1.165, 1.54) is 24.3 Å². The van der Waals surface area contributed by atoms with Crippen LogP contribution in [0.25, 0.3) is 6.08 Å². The second kappa shape index (κ2) is 14.1. The lowest BCUT2D eigenvalue weighted by Crippen LogP contribution is -2.50. The van der Waals surface area contributed by atoms with Crippen molar-refractivity contribution in [2.75, 3.05) is 60.0 Å². The van der Waals surface area contributed by atoms with Crippen molar-refractivity contribution in [1.29, 1.82) is 0 Å². The van der Waals surface area contributed by atoms with Crippen molar-refractivity contribution in [3.63, 3.8) is 0 Å². The van der Waals surface area contributed by atoms with Crippen LogP contribution in [0.2, 0.25) is 0 Å². The Hall–Kier alpha value is -4.70. The SMILES string of the molecule is COc1ccc(C(=O)N(C/C=C/c2ccccc2OC)CCN2CCN(C(=O)c3ccc([N+](=O)[O-])cc3)CC2)cc1. The van der Waals surface area contributed by atoms with Gasteiger partial charge in [-0.25, -0.2) is 0 Å². The molecular weight excluding hydrogens is 524 g/mol. The molecule has 0 atom stereocenters. The lowest BCUT2D eigenvalue weighted by atomic mass is 10.1. The number of piperazine rings is 1. The summed E-state index contributed by atoms with van der Waals surface area (Å²) in [6.07, 6.45) is 3.91. The minimum atomic E-state index is -0.482. The highest BCUT2D eigenvalue weighted by atomic mass is 16.6. The molecule has 0 aromatic heterocycles. The average Bonchev–Trinajstić information content (AvgIpc) is 3.02. The zero-order chi connectivity index (χ0) is 29.2. The zero-order valence-electron chi connectivity index (χ0n) is 23.3. The molecule has 0 spiro atoms. The van der Waals surface area contributed by atoms with Crippen LogP contribution < -0.4 is 9.47 Å². The predicted molar refractivity (Wildman–Crippen MR) is 156 cm³/mol. The van der Waals surface area contributed by atoms with Crippen LogP contribution in [0, 0.1) is 10.1 Å². The number of non-ortho nitro benzene ring substituents is 1. The summed E-state index contributed by atoms with van der Waals surface area (Å²) >= 11 is 0. The van der Waals surface area contributed by atoms with Crippen molar-refractivity contribution in [2.24, 2.45) is 0 Å². The zero-order valence-corrected chi connectivity index (χ0v) is 23.3. The fourth-order valence-electron chi connectivity index (χ4n) is 4.65. The molecule has 0 bridgehead atoms. The molecule has 1 aliphatic heterocycles. The molecule has 2 amide bonds. The molecule has 3 aromatic carbocycles. The first-order chi connectivity index (χ1) is 19.9. The van der Waals surface area contributed by atoms with Crippen molar-refractivity contribution in [1.82, 2.24) is 14.7 Å².